The standard InChI is InChI=1S/C17H15BrN6OS/c1-24-16(12-5-4-6-13(18)9-12)22-23-17(24)26-11-15(25)21-20-10-14-7-2-3-8-19-14/h2-10H,11H2,1H3,(H,21,25). The van der Waals surface area contributed by atoms with Gasteiger partial charge in [-0.3, -0.25) is 9.78 Å². The number of pyridine rings is 1. The predicted molar refractivity (Wildman–Crippen MR) is 105 cm³/mol. The average molecular weight is 431 g/mol. The lowest BCUT2D eigenvalue weighted by atomic mass is 10.2. The number of hydrogen-bond acceptors (Lipinski definition) is 6. The van der Waals surface area contributed by atoms with Gasteiger partial charge in [-0.25, -0.2) is 5.43 Å². The highest BCUT2D eigenvalue weighted by atomic mass is 79.9. The van der Waals surface area contributed by atoms with Gasteiger partial charge in [0.15, 0.2) is 11.0 Å². The quantitative estimate of drug-likeness (QED) is 0.369. The zero-order chi connectivity index (χ0) is 18.4. The van der Waals surface area contributed by atoms with Crippen molar-refractivity contribution in [1.82, 2.24) is 25.2 Å². The molecule has 2 aromatic heterocycles. The van der Waals surface area contributed by atoms with Crippen molar-refractivity contribution in [2.24, 2.45) is 12.1 Å². The smallest absolute Gasteiger partial charge is 0.250 e. The topological polar surface area (TPSA) is 85.1 Å². The SMILES string of the molecule is Cn1c(SCC(=O)NN=Cc2ccccn2)nnc1-c1cccc(Br)c1. The molecule has 0 radical (unpaired) electrons. The molecular weight excluding hydrogens is 416 g/mol. The number of benzene rings is 1. The third-order valence-electron chi connectivity index (χ3n) is 3.32. The van der Waals surface area contributed by atoms with Crippen LogP contribution in [0.15, 0.2) is 63.4 Å². The van der Waals surface area contributed by atoms with Gasteiger partial charge in [0.05, 0.1) is 17.7 Å². The number of hydrazone groups is 1. The van der Waals surface area contributed by atoms with Crippen molar-refractivity contribution in [2.75, 3.05) is 5.75 Å². The third kappa shape index (κ3) is 4.77. The Kier molecular flexibility index (Phi) is 6.13. The Balaban J connectivity index is 1.56. The number of thioether (sulfide) groups is 1. The summed E-state index contributed by atoms with van der Waals surface area (Å²) in [6.45, 7) is 0. The van der Waals surface area contributed by atoms with E-state index in [1.165, 1.54) is 18.0 Å². The third-order valence-corrected chi connectivity index (χ3v) is 4.84. The van der Waals surface area contributed by atoms with Gasteiger partial charge in [-0.05, 0) is 24.3 Å². The summed E-state index contributed by atoms with van der Waals surface area (Å²) >= 11 is 4.75. The van der Waals surface area contributed by atoms with Gasteiger partial charge in [-0.1, -0.05) is 45.9 Å². The molecule has 0 atom stereocenters. The number of aromatic nitrogens is 4. The number of nitrogens with zero attached hydrogens (tertiary/aromatic N) is 5. The van der Waals surface area contributed by atoms with Crippen LogP contribution < -0.4 is 5.43 Å². The molecule has 3 rings (SSSR count). The fourth-order valence-electron chi connectivity index (χ4n) is 2.10. The molecule has 1 aromatic carbocycles. The maximum Gasteiger partial charge on any atom is 0.250 e. The Morgan fingerprint density at radius 3 is 2.96 bits per heavy atom. The lowest BCUT2D eigenvalue weighted by molar-refractivity contribution is -0.118. The summed E-state index contributed by atoms with van der Waals surface area (Å²) in [6.07, 6.45) is 3.16. The molecule has 3 aromatic rings. The van der Waals surface area contributed by atoms with E-state index in [-0.39, 0.29) is 11.7 Å². The van der Waals surface area contributed by atoms with Crippen LogP contribution in [0.25, 0.3) is 11.4 Å². The van der Waals surface area contributed by atoms with E-state index in [2.05, 4.69) is 41.6 Å². The molecule has 1 amide bonds. The lowest BCUT2D eigenvalue weighted by Gasteiger charge is -2.04. The Morgan fingerprint density at radius 1 is 1.31 bits per heavy atom. The van der Waals surface area contributed by atoms with E-state index >= 15 is 0 Å². The van der Waals surface area contributed by atoms with Crippen molar-refractivity contribution >= 4 is 39.8 Å². The second-order valence-corrected chi connectivity index (χ2v) is 7.07. The zero-order valence-electron chi connectivity index (χ0n) is 13.8. The van der Waals surface area contributed by atoms with E-state index < -0.39 is 0 Å². The number of hydrogen-bond donors (Lipinski definition) is 1. The molecule has 0 unspecified atom stereocenters. The number of rotatable bonds is 6. The van der Waals surface area contributed by atoms with Crippen LogP contribution in [-0.4, -0.2) is 37.6 Å². The molecule has 1 N–H and O–H groups in total. The van der Waals surface area contributed by atoms with Crippen molar-refractivity contribution in [3.05, 3.63) is 58.8 Å². The first kappa shape index (κ1) is 18.3. The van der Waals surface area contributed by atoms with Crippen molar-refractivity contribution in [1.29, 1.82) is 0 Å². The Labute approximate surface area is 163 Å². The molecule has 0 saturated carbocycles. The molecule has 0 bridgehead atoms. The van der Waals surface area contributed by atoms with Gasteiger partial charge >= 0.3 is 0 Å². The summed E-state index contributed by atoms with van der Waals surface area (Å²) in [5, 5.41) is 12.9. The van der Waals surface area contributed by atoms with E-state index in [0.29, 0.717) is 10.9 Å². The first-order valence-corrected chi connectivity index (χ1v) is 9.42. The van der Waals surface area contributed by atoms with Crippen LogP contribution in [0, 0.1) is 0 Å². The molecule has 132 valence electrons. The second-order valence-electron chi connectivity index (χ2n) is 5.21. The highest BCUT2D eigenvalue weighted by Gasteiger charge is 2.12. The average Bonchev–Trinajstić information content (AvgIpc) is 3.01. The molecule has 9 heteroatoms. The second kappa shape index (κ2) is 8.72. The minimum absolute atomic E-state index is 0.185. The number of nitrogens with one attached hydrogen (secondary N) is 1. The first-order chi connectivity index (χ1) is 12.6. The molecule has 0 aliphatic rings. The fraction of sp³-hybridized carbons (Fsp3) is 0.118. The van der Waals surface area contributed by atoms with Gasteiger partial charge in [0, 0.05) is 23.3 Å². The summed E-state index contributed by atoms with van der Waals surface area (Å²) < 4.78 is 2.83. The van der Waals surface area contributed by atoms with Crippen LogP contribution in [-0.2, 0) is 11.8 Å². The molecule has 0 aliphatic heterocycles. The molecule has 0 aliphatic carbocycles. The summed E-state index contributed by atoms with van der Waals surface area (Å²) in [7, 11) is 1.87. The van der Waals surface area contributed by atoms with Gasteiger partial charge in [-0.15, -0.1) is 10.2 Å². The summed E-state index contributed by atoms with van der Waals surface area (Å²) in [6, 6.07) is 13.3. The van der Waals surface area contributed by atoms with Gasteiger partial charge in [0.1, 0.15) is 0 Å². The first-order valence-electron chi connectivity index (χ1n) is 7.64. The highest BCUT2D eigenvalue weighted by Crippen LogP contribution is 2.24. The fourth-order valence-corrected chi connectivity index (χ4v) is 3.21. The molecule has 2 heterocycles. The highest BCUT2D eigenvalue weighted by molar-refractivity contribution is 9.10. The maximum atomic E-state index is 11.9. The van der Waals surface area contributed by atoms with E-state index in [4.69, 9.17) is 0 Å². The van der Waals surface area contributed by atoms with Crippen LogP contribution in [0.3, 0.4) is 0 Å². The molecule has 26 heavy (non-hydrogen) atoms. The summed E-state index contributed by atoms with van der Waals surface area (Å²) in [4.78, 5) is 16.0. The van der Waals surface area contributed by atoms with Gasteiger partial charge in [-0.2, -0.15) is 5.10 Å². The predicted octanol–water partition coefficient (Wildman–Crippen LogP) is 2.88. The lowest BCUT2D eigenvalue weighted by Crippen LogP contribution is -2.20. The molecule has 7 nitrogen and oxygen atoms in total. The van der Waals surface area contributed by atoms with Crippen LogP contribution >= 0.6 is 27.7 Å². The van der Waals surface area contributed by atoms with Crippen molar-refractivity contribution in [3.8, 4) is 11.4 Å². The van der Waals surface area contributed by atoms with E-state index in [1.807, 2.05) is 48.0 Å². The molecule has 0 saturated heterocycles. The van der Waals surface area contributed by atoms with E-state index in [0.717, 1.165) is 15.9 Å². The number of amides is 1. The molecule has 0 fully saturated rings. The van der Waals surface area contributed by atoms with Gasteiger partial charge in [0.25, 0.3) is 5.91 Å². The van der Waals surface area contributed by atoms with Crippen LogP contribution in [0.1, 0.15) is 5.69 Å². The van der Waals surface area contributed by atoms with Crippen molar-refractivity contribution < 1.29 is 4.79 Å². The van der Waals surface area contributed by atoms with Gasteiger partial charge in [0.2, 0.25) is 0 Å². The Hall–Kier alpha value is -2.52. The van der Waals surface area contributed by atoms with Crippen LogP contribution in [0.2, 0.25) is 0 Å². The largest absolute Gasteiger partial charge is 0.305 e. The minimum Gasteiger partial charge on any atom is -0.305 e. The van der Waals surface area contributed by atoms with Gasteiger partial charge < -0.3 is 4.57 Å². The molecule has 0 spiro atoms. The summed E-state index contributed by atoms with van der Waals surface area (Å²) in [5.41, 5.74) is 4.10. The molecular formula is C17H15BrN6OS. The Bertz CT molecular complexity index is 928. The Morgan fingerprint density at radius 2 is 2.19 bits per heavy atom. The number of carbonyl (C=O) groups excluding carboxylic acids is 1. The van der Waals surface area contributed by atoms with Crippen LogP contribution in [0.4, 0.5) is 0 Å². The van der Waals surface area contributed by atoms with Crippen molar-refractivity contribution in [2.45, 2.75) is 5.16 Å². The van der Waals surface area contributed by atoms with Crippen LogP contribution in [0.5, 0.6) is 0 Å². The maximum absolute atomic E-state index is 11.9. The van der Waals surface area contributed by atoms with E-state index in [1.54, 1.807) is 12.3 Å². The summed E-state index contributed by atoms with van der Waals surface area (Å²) in [5.74, 6) is 0.695. The normalized spacial score (nSPS) is 11.0. The van der Waals surface area contributed by atoms with Crippen molar-refractivity contribution in [3.63, 3.8) is 0 Å². The monoisotopic (exact) mass is 430 g/mol. The van der Waals surface area contributed by atoms with E-state index in [9.17, 15) is 4.79 Å². The number of carbonyl (C=O) groups is 1. The number of halogens is 1. The minimum atomic E-state index is -0.228. The zero-order valence-corrected chi connectivity index (χ0v) is 16.2.